The van der Waals surface area contributed by atoms with E-state index in [9.17, 15) is 19.8 Å². The van der Waals surface area contributed by atoms with Gasteiger partial charge in [0.05, 0.1) is 37.5 Å². The number of amides is 2. The molecule has 0 radical (unpaired) electrons. The first-order chi connectivity index (χ1) is 14.2. The van der Waals surface area contributed by atoms with Crippen LogP contribution in [0.25, 0.3) is 0 Å². The Kier molecular flexibility index (Phi) is 9.41. The second-order valence-electron chi connectivity index (χ2n) is 7.69. The lowest BCUT2D eigenvalue weighted by Crippen LogP contribution is -2.64. The van der Waals surface area contributed by atoms with Gasteiger partial charge in [-0.05, 0) is 0 Å². The molecule has 2 rings (SSSR count). The third kappa shape index (κ3) is 5.88. The van der Waals surface area contributed by atoms with Gasteiger partial charge in [0.15, 0.2) is 12.6 Å². The Hall–Kier alpha value is -1.34. The van der Waals surface area contributed by atoms with Crippen LogP contribution >= 0.6 is 0 Å². The maximum Gasteiger partial charge on any atom is 0.217 e. The highest BCUT2D eigenvalue weighted by Crippen LogP contribution is 2.32. The number of hydrogen-bond donors (Lipinski definition) is 4. The zero-order chi connectivity index (χ0) is 22.4. The summed E-state index contributed by atoms with van der Waals surface area (Å²) < 4.78 is 28.6. The Morgan fingerprint density at radius 2 is 1.57 bits per heavy atom. The topological polar surface area (TPSA) is 145 Å². The van der Waals surface area contributed by atoms with Gasteiger partial charge in [-0.15, -0.1) is 0 Å². The quantitative estimate of drug-likeness (QED) is 0.359. The monoisotopic (exact) mass is 434 g/mol. The maximum absolute atomic E-state index is 11.7. The first-order valence-corrected chi connectivity index (χ1v) is 10.0. The minimum atomic E-state index is -0.917. The number of rotatable bonds is 8. The fraction of sp³-hybridized carbons (Fsp3) is 0.895. The highest BCUT2D eigenvalue weighted by molar-refractivity contribution is 5.73. The number of carbonyl (C=O) groups excluding carboxylic acids is 2. The second-order valence-corrected chi connectivity index (χ2v) is 7.69. The van der Waals surface area contributed by atoms with Crippen LogP contribution in [0.1, 0.15) is 27.2 Å². The molecular weight excluding hydrogens is 400 g/mol. The number of methoxy groups -OCH3 is 2. The largest absolute Gasteiger partial charge is 0.394 e. The number of hydrogen-bond acceptors (Lipinski definition) is 9. The Bertz CT molecular complexity index is 578. The molecule has 2 heterocycles. The molecule has 0 saturated carbocycles. The van der Waals surface area contributed by atoms with Crippen molar-refractivity contribution < 1.29 is 43.5 Å². The third-order valence-electron chi connectivity index (χ3n) is 5.54. The zero-order valence-electron chi connectivity index (χ0n) is 18.1. The lowest BCUT2D eigenvalue weighted by Gasteiger charge is -2.48. The predicted molar refractivity (Wildman–Crippen MR) is 103 cm³/mol. The van der Waals surface area contributed by atoms with E-state index in [2.05, 4.69) is 10.6 Å². The van der Waals surface area contributed by atoms with E-state index in [0.717, 1.165) is 0 Å². The summed E-state index contributed by atoms with van der Waals surface area (Å²) in [7, 11) is 2.96. The molecular formula is C19H34N2O9. The number of nitrogens with one attached hydrogen (secondary N) is 2. The second kappa shape index (κ2) is 11.3. The van der Waals surface area contributed by atoms with E-state index in [1.165, 1.54) is 28.1 Å². The van der Waals surface area contributed by atoms with Crippen molar-refractivity contribution in [1.82, 2.24) is 10.6 Å². The molecule has 11 nitrogen and oxygen atoms in total. The van der Waals surface area contributed by atoms with Crippen LogP contribution in [0.15, 0.2) is 0 Å². The van der Waals surface area contributed by atoms with Crippen molar-refractivity contribution in [3.63, 3.8) is 0 Å². The third-order valence-corrected chi connectivity index (χ3v) is 5.54. The fourth-order valence-corrected chi connectivity index (χ4v) is 4.07. The van der Waals surface area contributed by atoms with Crippen LogP contribution in [0.2, 0.25) is 0 Å². The van der Waals surface area contributed by atoms with Crippen LogP contribution in [0.5, 0.6) is 0 Å². The molecule has 4 N–H and O–H groups in total. The standard InChI is InChI=1S/C19H34N2O9/c1-9-16(21-11(3)25)19(27-5)29-15(8-23)17(9)30-18-12(20-10(2)24)6-13(26-4)14(7-22)28-18/h9,12-19,22-23H,6-8H2,1-5H3,(H,20,24)(H,21,25)/t9-,12?,13+,14?,15?,16?,17-,18+,19+/m0/s1. The minimum absolute atomic E-state index is 0.257. The summed E-state index contributed by atoms with van der Waals surface area (Å²) in [5.41, 5.74) is 0. The molecule has 2 saturated heterocycles. The van der Waals surface area contributed by atoms with E-state index in [0.29, 0.717) is 6.42 Å². The molecule has 4 unspecified atom stereocenters. The molecule has 9 atom stereocenters. The van der Waals surface area contributed by atoms with Gasteiger partial charge in [-0.2, -0.15) is 0 Å². The lowest BCUT2D eigenvalue weighted by molar-refractivity contribution is -0.312. The average molecular weight is 434 g/mol. The molecule has 0 aromatic heterocycles. The van der Waals surface area contributed by atoms with Gasteiger partial charge >= 0.3 is 0 Å². The van der Waals surface area contributed by atoms with Gasteiger partial charge in [0, 0.05) is 40.4 Å². The molecule has 0 aliphatic carbocycles. The first-order valence-electron chi connectivity index (χ1n) is 10.0. The lowest BCUT2D eigenvalue weighted by atomic mass is 9.88. The molecule has 11 heteroatoms. The van der Waals surface area contributed by atoms with E-state index in [-0.39, 0.29) is 30.9 Å². The summed E-state index contributed by atoms with van der Waals surface area (Å²) in [4.78, 5) is 23.4. The van der Waals surface area contributed by atoms with Gasteiger partial charge < -0.3 is 44.5 Å². The molecule has 0 bridgehead atoms. The summed E-state index contributed by atoms with van der Waals surface area (Å²) in [6.07, 6.45) is -3.81. The molecule has 2 amide bonds. The molecule has 30 heavy (non-hydrogen) atoms. The van der Waals surface area contributed by atoms with Crippen molar-refractivity contribution in [2.24, 2.45) is 5.92 Å². The van der Waals surface area contributed by atoms with Crippen LogP contribution in [-0.2, 0) is 33.3 Å². The summed E-state index contributed by atoms with van der Waals surface area (Å²) >= 11 is 0. The van der Waals surface area contributed by atoms with Crippen molar-refractivity contribution in [2.75, 3.05) is 27.4 Å². The van der Waals surface area contributed by atoms with Crippen LogP contribution < -0.4 is 10.6 Å². The first kappa shape index (κ1) is 24.9. The van der Waals surface area contributed by atoms with Crippen molar-refractivity contribution in [1.29, 1.82) is 0 Å². The van der Waals surface area contributed by atoms with Gasteiger partial charge in [-0.3, -0.25) is 9.59 Å². The highest BCUT2D eigenvalue weighted by atomic mass is 16.7. The maximum atomic E-state index is 11.7. The molecule has 2 aliphatic rings. The summed E-state index contributed by atoms with van der Waals surface area (Å²) in [5.74, 6) is -0.845. The number of ether oxygens (including phenoxy) is 5. The van der Waals surface area contributed by atoms with Gasteiger partial charge in [-0.1, -0.05) is 6.92 Å². The number of aliphatic hydroxyl groups is 2. The summed E-state index contributed by atoms with van der Waals surface area (Å²) in [6.45, 7) is 3.99. The van der Waals surface area contributed by atoms with E-state index < -0.39 is 49.1 Å². The van der Waals surface area contributed by atoms with Crippen LogP contribution in [0.3, 0.4) is 0 Å². The number of aliphatic hydroxyl groups excluding tert-OH is 2. The van der Waals surface area contributed by atoms with Gasteiger partial charge in [0.1, 0.15) is 12.2 Å². The van der Waals surface area contributed by atoms with Crippen molar-refractivity contribution in [3.8, 4) is 0 Å². The summed E-state index contributed by atoms with van der Waals surface area (Å²) in [6, 6.07) is -1.07. The Morgan fingerprint density at radius 3 is 2.07 bits per heavy atom. The van der Waals surface area contributed by atoms with Crippen LogP contribution in [0, 0.1) is 5.92 Å². The molecule has 174 valence electrons. The van der Waals surface area contributed by atoms with Crippen LogP contribution in [0.4, 0.5) is 0 Å². The molecule has 2 aliphatic heterocycles. The fourth-order valence-electron chi connectivity index (χ4n) is 4.07. The molecule has 0 aromatic rings. The average Bonchev–Trinajstić information content (AvgIpc) is 2.70. The minimum Gasteiger partial charge on any atom is -0.394 e. The summed E-state index contributed by atoms with van der Waals surface area (Å²) in [5, 5.41) is 25.1. The zero-order valence-corrected chi connectivity index (χ0v) is 18.1. The van der Waals surface area contributed by atoms with E-state index in [1.54, 1.807) is 0 Å². The van der Waals surface area contributed by atoms with Gasteiger partial charge in [0.25, 0.3) is 0 Å². The van der Waals surface area contributed by atoms with Crippen molar-refractivity contribution in [3.05, 3.63) is 0 Å². The SMILES string of the molecule is CO[C@@H]1OC(CO)[C@@H](O[C@H]2OC(CO)[C@H](OC)CC2NC(C)=O)[C@@H](C)C1NC(C)=O. The van der Waals surface area contributed by atoms with Crippen molar-refractivity contribution in [2.45, 2.75) is 76.3 Å². The molecule has 0 aromatic carbocycles. The number of carbonyl (C=O) groups is 2. The van der Waals surface area contributed by atoms with Crippen molar-refractivity contribution >= 4 is 11.8 Å². The normalized spacial score (nSPS) is 39.4. The van der Waals surface area contributed by atoms with Gasteiger partial charge in [-0.25, -0.2) is 0 Å². The smallest absolute Gasteiger partial charge is 0.217 e. The Balaban J connectivity index is 2.24. The molecule has 2 fully saturated rings. The Morgan fingerprint density at radius 1 is 0.967 bits per heavy atom. The predicted octanol–water partition coefficient (Wildman–Crippen LogP) is -1.50. The van der Waals surface area contributed by atoms with E-state index >= 15 is 0 Å². The van der Waals surface area contributed by atoms with Crippen LogP contribution in [-0.4, -0.2) is 98.5 Å². The molecule has 0 spiro atoms. The van der Waals surface area contributed by atoms with E-state index in [4.69, 9.17) is 23.7 Å². The van der Waals surface area contributed by atoms with Gasteiger partial charge in [0.2, 0.25) is 11.8 Å². The van der Waals surface area contributed by atoms with E-state index in [1.807, 2.05) is 6.92 Å². The highest BCUT2D eigenvalue weighted by Gasteiger charge is 2.48. The Labute approximate surface area is 176 Å².